The fourth-order valence-electron chi connectivity index (χ4n) is 8.02. The fourth-order valence-corrected chi connectivity index (χ4v) is 8.02. The molecule has 6 heteroatoms. The molecule has 0 aliphatic heterocycles. The molecule has 0 aliphatic carbocycles. The minimum Gasteiger partial charge on any atom is -0.462 e. The predicted molar refractivity (Wildman–Crippen MR) is 284 cm³/mol. The van der Waals surface area contributed by atoms with Gasteiger partial charge in [-0.15, -0.1) is 0 Å². The van der Waals surface area contributed by atoms with Crippen LogP contribution < -0.4 is 0 Å². The van der Waals surface area contributed by atoms with Gasteiger partial charge in [0.1, 0.15) is 13.2 Å². The number of carbonyl (C=O) groups is 3. The zero-order valence-corrected chi connectivity index (χ0v) is 43.7. The molecule has 1 unspecified atom stereocenters. The number of esters is 3. The highest BCUT2D eigenvalue weighted by molar-refractivity contribution is 5.71. The lowest BCUT2D eigenvalue weighted by Crippen LogP contribution is -2.30. The molecule has 0 spiro atoms. The number of hydrogen-bond acceptors (Lipinski definition) is 6. The molecule has 0 heterocycles. The Balaban J connectivity index is 4.27. The lowest BCUT2D eigenvalue weighted by molar-refractivity contribution is -0.167. The SMILES string of the molecule is CC/C=C\C/C=C\C/C=C\CCCCCCCC(=O)OC(COC(=O)CCCCCCCCCCCC)COC(=O)CCCCCCCCCCCCC/C=C\C/C=C\CCCCCCC. The zero-order valence-electron chi connectivity index (χ0n) is 43.7. The quantitative estimate of drug-likeness (QED) is 0.0262. The summed E-state index contributed by atoms with van der Waals surface area (Å²) in [6.45, 7) is 6.51. The Bertz CT molecular complexity index is 1200. The van der Waals surface area contributed by atoms with Crippen molar-refractivity contribution in [3.05, 3.63) is 60.8 Å². The highest BCUT2D eigenvalue weighted by Gasteiger charge is 2.19. The first-order valence-electron chi connectivity index (χ1n) is 28.3. The molecule has 0 saturated carbocycles. The van der Waals surface area contributed by atoms with E-state index in [4.69, 9.17) is 14.2 Å². The second-order valence-electron chi connectivity index (χ2n) is 18.8. The number of rotatable bonds is 51. The molecule has 382 valence electrons. The Morgan fingerprint density at radius 3 is 0.924 bits per heavy atom. The number of hydrogen-bond donors (Lipinski definition) is 0. The first-order valence-corrected chi connectivity index (χ1v) is 28.3. The minimum absolute atomic E-state index is 0.0797. The van der Waals surface area contributed by atoms with Crippen LogP contribution in [0.2, 0.25) is 0 Å². The molecule has 0 N–H and O–H groups in total. The highest BCUT2D eigenvalue weighted by atomic mass is 16.6. The van der Waals surface area contributed by atoms with E-state index in [0.717, 1.165) is 103 Å². The van der Waals surface area contributed by atoms with Crippen LogP contribution in [0.5, 0.6) is 0 Å². The molecule has 0 fully saturated rings. The van der Waals surface area contributed by atoms with Crippen molar-refractivity contribution in [1.29, 1.82) is 0 Å². The van der Waals surface area contributed by atoms with E-state index in [1.54, 1.807) is 0 Å². The third-order valence-corrected chi connectivity index (χ3v) is 12.3. The van der Waals surface area contributed by atoms with E-state index < -0.39 is 6.10 Å². The Morgan fingerprint density at radius 2 is 0.591 bits per heavy atom. The van der Waals surface area contributed by atoms with Gasteiger partial charge < -0.3 is 14.2 Å². The second kappa shape index (κ2) is 54.7. The normalized spacial score (nSPS) is 12.5. The van der Waals surface area contributed by atoms with Crippen molar-refractivity contribution in [2.45, 2.75) is 290 Å². The Kier molecular flexibility index (Phi) is 52.3. The van der Waals surface area contributed by atoms with E-state index in [9.17, 15) is 14.4 Å². The lowest BCUT2D eigenvalue weighted by atomic mass is 10.0. The smallest absolute Gasteiger partial charge is 0.306 e. The topological polar surface area (TPSA) is 78.9 Å². The maximum Gasteiger partial charge on any atom is 0.306 e. The van der Waals surface area contributed by atoms with Gasteiger partial charge >= 0.3 is 17.9 Å². The van der Waals surface area contributed by atoms with Crippen LogP contribution in [0.25, 0.3) is 0 Å². The van der Waals surface area contributed by atoms with Crippen LogP contribution >= 0.6 is 0 Å². The Hall–Kier alpha value is -2.89. The second-order valence-corrected chi connectivity index (χ2v) is 18.8. The van der Waals surface area contributed by atoms with Crippen molar-refractivity contribution in [3.63, 3.8) is 0 Å². The van der Waals surface area contributed by atoms with Gasteiger partial charge in [-0.1, -0.05) is 242 Å². The molecule has 66 heavy (non-hydrogen) atoms. The van der Waals surface area contributed by atoms with Crippen LogP contribution in [-0.4, -0.2) is 37.2 Å². The van der Waals surface area contributed by atoms with Crippen LogP contribution in [0.4, 0.5) is 0 Å². The molecule has 0 radical (unpaired) electrons. The van der Waals surface area contributed by atoms with Crippen LogP contribution in [0.3, 0.4) is 0 Å². The van der Waals surface area contributed by atoms with Crippen molar-refractivity contribution in [1.82, 2.24) is 0 Å². The Morgan fingerprint density at radius 1 is 0.318 bits per heavy atom. The van der Waals surface area contributed by atoms with Gasteiger partial charge in [0.05, 0.1) is 0 Å². The van der Waals surface area contributed by atoms with Crippen molar-refractivity contribution in [3.8, 4) is 0 Å². The van der Waals surface area contributed by atoms with Crippen LogP contribution in [-0.2, 0) is 28.6 Å². The van der Waals surface area contributed by atoms with Crippen molar-refractivity contribution in [2.75, 3.05) is 13.2 Å². The largest absolute Gasteiger partial charge is 0.462 e. The number of allylic oxidation sites excluding steroid dienone is 10. The molecular weight excluding hydrogens is 817 g/mol. The summed E-state index contributed by atoms with van der Waals surface area (Å²) in [6.07, 6.45) is 67.9. The monoisotopic (exact) mass is 923 g/mol. The number of ether oxygens (including phenoxy) is 3. The van der Waals surface area contributed by atoms with Gasteiger partial charge in [-0.2, -0.15) is 0 Å². The molecule has 0 aromatic heterocycles. The van der Waals surface area contributed by atoms with E-state index >= 15 is 0 Å². The van der Waals surface area contributed by atoms with Gasteiger partial charge in [-0.25, -0.2) is 0 Å². The van der Waals surface area contributed by atoms with Crippen LogP contribution in [0.1, 0.15) is 284 Å². The maximum atomic E-state index is 12.8. The molecule has 0 aliphatic rings. The number of unbranched alkanes of at least 4 members (excludes halogenated alkanes) is 30. The summed E-state index contributed by atoms with van der Waals surface area (Å²) in [5.74, 6) is -0.892. The standard InChI is InChI=1S/C60H106O6/c1-4-7-10-13-16-19-22-24-26-27-28-29-30-31-32-33-35-36-38-41-44-47-50-53-59(62)65-56-57(55-64-58(61)52-49-46-43-40-21-18-15-12-9-6-3)66-60(63)54-51-48-45-42-39-37-34-25-23-20-17-14-11-8-5-2/h8,11,17,20,22,24-25,27-28,34,57H,4-7,9-10,12-16,18-19,21,23,26,29-33,35-56H2,1-3H3/b11-8-,20-17-,24-22-,28-27-,34-25-. The van der Waals surface area contributed by atoms with E-state index in [2.05, 4.69) is 81.5 Å². The average Bonchev–Trinajstić information content (AvgIpc) is 3.31. The maximum absolute atomic E-state index is 12.8. The van der Waals surface area contributed by atoms with Gasteiger partial charge in [0.25, 0.3) is 0 Å². The van der Waals surface area contributed by atoms with Gasteiger partial charge in [0, 0.05) is 19.3 Å². The fraction of sp³-hybridized carbons (Fsp3) is 0.783. The van der Waals surface area contributed by atoms with E-state index in [1.807, 2.05) is 0 Å². The van der Waals surface area contributed by atoms with E-state index in [-0.39, 0.29) is 31.1 Å². The van der Waals surface area contributed by atoms with Crippen LogP contribution in [0.15, 0.2) is 60.8 Å². The predicted octanol–water partition coefficient (Wildman–Crippen LogP) is 18.8. The summed E-state index contributed by atoms with van der Waals surface area (Å²) in [6, 6.07) is 0. The molecule has 0 aromatic rings. The summed E-state index contributed by atoms with van der Waals surface area (Å²) >= 11 is 0. The summed E-state index contributed by atoms with van der Waals surface area (Å²) in [5.41, 5.74) is 0. The average molecular weight is 924 g/mol. The third-order valence-electron chi connectivity index (χ3n) is 12.3. The lowest BCUT2D eigenvalue weighted by Gasteiger charge is -2.18. The first kappa shape index (κ1) is 63.1. The number of carbonyl (C=O) groups excluding carboxylic acids is 3. The zero-order chi connectivity index (χ0) is 47.9. The van der Waals surface area contributed by atoms with Gasteiger partial charge in [0.2, 0.25) is 0 Å². The van der Waals surface area contributed by atoms with Crippen molar-refractivity contribution in [2.24, 2.45) is 0 Å². The molecule has 0 aromatic carbocycles. The molecular formula is C60H106O6. The molecule has 6 nitrogen and oxygen atoms in total. The minimum atomic E-state index is -0.781. The summed E-state index contributed by atoms with van der Waals surface area (Å²) in [7, 11) is 0. The van der Waals surface area contributed by atoms with E-state index in [1.165, 1.54) is 141 Å². The summed E-state index contributed by atoms with van der Waals surface area (Å²) in [5, 5.41) is 0. The van der Waals surface area contributed by atoms with Gasteiger partial charge in [-0.3, -0.25) is 14.4 Å². The van der Waals surface area contributed by atoms with E-state index in [0.29, 0.717) is 19.3 Å². The summed E-state index contributed by atoms with van der Waals surface area (Å²) < 4.78 is 16.8. The van der Waals surface area contributed by atoms with Gasteiger partial charge in [0.15, 0.2) is 6.10 Å². The van der Waals surface area contributed by atoms with Gasteiger partial charge in [-0.05, 0) is 83.5 Å². The molecule has 1 atom stereocenters. The molecule has 0 amide bonds. The van der Waals surface area contributed by atoms with Crippen LogP contribution in [0, 0.1) is 0 Å². The highest BCUT2D eigenvalue weighted by Crippen LogP contribution is 2.16. The van der Waals surface area contributed by atoms with Crippen molar-refractivity contribution >= 4 is 17.9 Å². The molecule has 0 saturated heterocycles. The van der Waals surface area contributed by atoms with Crippen molar-refractivity contribution < 1.29 is 28.6 Å². The third kappa shape index (κ3) is 52.1. The molecule has 0 bridgehead atoms. The summed E-state index contributed by atoms with van der Waals surface area (Å²) in [4.78, 5) is 38.0. The first-order chi connectivity index (χ1) is 32.5. The molecule has 0 rings (SSSR count). The Labute approximate surface area is 409 Å².